The third-order valence-electron chi connectivity index (χ3n) is 3.29. The van der Waals surface area contributed by atoms with Crippen LogP contribution in [0.25, 0.3) is 0 Å². The molecule has 0 amide bonds. The zero-order valence-corrected chi connectivity index (χ0v) is 10.7. The summed E-state index contributed by atoms with van der Waals surface area (Å²) in [6, 6.07) is 0. The molecule has 5 nitrogen and oxygen atoms in total. The number of likely N-dealkylation sites (N-methyl/N-ethyl adjacent to an activating group) is 1. The van der Waals surface area contributed by atoms with Crippen LogP contribution in [0.4, 0.5) is 5.95 Å². The van der Waals surface area contributed by atoms with Crippen molar-refractivity contribution in [1.29, 1.82) is 0 Å². The molecule has 0 radical (unpaired) electrons. The maximum Gasteiger partial charge on any atom is 0.225 e. The van der Waals surface area contributed by atoms with Crippen LogP contribution in [0.5, 0.6) is 0 Å². The van der Waals surface area contributed by atoms with Crippen LogP contribution in [0.2, 0.25) is 0 Å². The average Bonchev–Trinajstić information content (AvgIpc) is 2.54. The molecule has 1 fully saturated rings. The summed E-state index contributed by atoms with van der Waals surface area (Å²) < 4.78 is 0. The van der Waals surface area contributed by atoms with Crippen molar-refractivity contribution >= 4 is 5.95 Å². The molecule has 1 aliphatic rings. The lowest BCUT2D eigenvalue weighted by molar-refractivity contribution is 0.360. The van der Waals surface area contributed by atoms with Gasteiger partial charge in [0.25, 0.3) is 0 Å². The molecule has 2 heterocycles. The quantitative estimate of drug-likeness (QED) is 0.803. The molecule has 0 atom stereocenters. The number of nitrogens with zero attached hydrogens (tertiary/aromatic N) is 4. The van der Waals surface area contributed by atoms with Gasteiger partial charge in [-0.05, 0) is 26.9 Å². The lowest BCUT2D eigenvalue weighted by Crippen LogP contribution is -2.30. The van der Waals surface area contributed by atoms with Crippen LogP contribution in [0.1, 0.15) is 17.7 Å². The SMILES string of the molecule is Cc1nc(N2CCCN(C)CC2)ncc1CN. The highest BCUT2D eigenvalue weighted by Gasteiger charge is 2.15. The van der Waals surface area contributed by atoms with Crippen molar-refractivity contribution in [3.05, 3.63) is 17.5 Å². The summed E-state index contributed by atoms with van der Waals surface area (Å²) in [5, 5.41) is 0. The Balaban J connectivity index is 2.13. The van der Waals surface area contributed by atoms with E-state index in [2.05, 4.69) is 26.8 Å². The van der Waals surface area contributed by atoms with Gasteiger partial charge in [0.1, 0.15) is 0 Å². The molecule has 0 saturated carbocycles. The molecule has 0 aliphatic carbocycles. The van der Waals surface area contributed by atoms with Gasteiger partial charge in [-0.25, -0.2) is 9.97 Å². The maximum atomic E-state index is 5.62. The number of aryl methyl sites for hydroxylation is 1. The number of hydrogen-bond donors (Lipinski definition) is 1. The molecule has 2 N–H and O–H groups in total. The molecule has 1 aromatic heterocycles. The summed E-state index contributed by atoms with van der Waals surface area (Å²) in [7, 11) is 2.16. The zero-order valence-electron chi connectivity index (χ0n) is 10.7. The van der Waals surface area contributed by atoms with Gasteiger partial charge in [0.15, 0.2) is 0 Å². The summed E-state index contributed by atoms with van der Waals surface area (Å²) in [4.78, 5) is 13.6. The van der Waals surface area contributed by atoms with Crippen molar-refractivity contribution in [3.8, 4) is 0 Å². The Hall–Kier alpha value is -1.20. The molecule has 0 aromatic carbocycles. The summed E-state index contributed by atoms with van der Waals surface area (Å²) in [5.74, 6) is 0.843. The Morgan fingerprint density at radius 2 is 2.12 bits per heavy atom. The molecule has 0 spiro atoms. The molecule has 2 rings (SSSR count). The van der Waals surface area contributed by atoms with Crippen LogP contribution in [0, 0.1) is 6.92 Å². The Kier molecular flexibility index (Phi) is 3.91. The molecule has 1 aliphatic heterocycles. The normalized spacial score (nSPS) is 18.2. The van der Waals surface area contributed by atoms with Crippen molar-refractivity contribution in [2.24, 2.45) is 5.73 Å². The number of aromatic nitrogens is 2. The van der Waals surface area contributed by atoms with Gasteiger partial charge in [-0.15, -0.1) is 0 Å². The largest absolute Gasteiger partial charge is 0.339 e. The first-order chi connectivity index (χ1) is 8.20. The third kappa shape index (κ3) is 2.92. The van der Waals surface area contributed by atoms with Gasteiger partial charge in [-0.3, -0.25) is 0 Å². The first-order valence-electron chi connectivity index (χ1n) is 6.17. The van der Waals surface area contributed by atoms with Crippen LogP contribution in [0.3, 0.4) is 0 Å². The minimum absolute atomic E-state index is 0.509. The zero-order chi connectivity index (χ0) is 12.3. The highest BCUT2D eigenvalue weighted by molar-refractivity contribution is 5.33. The van der Waals surface area contributed by atoms with Gasteiger partial charge < -0.3 is 15.5 Å². The molecule has 17 heavy (non-hydrogen) atoms. The third-order valence-corrected chi connectivity index (χ3v) is 3.29. The van der Waals surface area contributed by atoms with Crippen LogP contribution in [0.15, 0.2) is 6.20 Å². The molecule has 0 bridgehead atoms. The van der Waals surface area contributed by atoms with Gasteiger partial charge in [0.2, 0.25) is 5.95 Å². The smallest absolute Gasteiger partial charge is 0.225 e. The topological polar surface area (TPSA) is 58.3 Å². The van der Waals surface area contributed by atoms with E-state index < -0.39 is 0 Å². The van der Waals surface area contributed by atoms with Crippen LogP contribution < -0.4 is 10.6 Å². The second-order valence-electron chi connectivity index (χ2n) is 4.63. The Bertz CT molecular complexity index is 379. The Morgan fingerprint density at radius 1 is 1.29 bits per heavy atom. The monoisotopic (exact) mass is 235 g/mol. The fraction of sp³-hybridized carbons (Fsp3) is 0.667. The molecule has 5 heteroatoms. The van der Waals surface area contributed by atoms with Crippen LogP contribution >= 0.6 is 0 Å². The van der Waals surface area contributed by atoms with E-state index in [1.54, 1.807) is 0 Å². The van der Waals surface area contributed by atoms with E-state index in [1.165, 1.54) is 0 Å². The van der Waals surface area contributed by atoms with E-state index in [0.29, 0.717) is 6.54 Å². The lowest BCUT2D eigenvalue weighted by atomic mass is 10.2. The predicted molar refractivity (Wildman–Crippen MR) is 69.0 cm³/mol. The number of nitrogens with two attached hydrogens (primary N) is 1. The Morgan fingerprint density at radius 3 is 2.82 bits per heavy atom. The van der Waals surface area contributed by atoms with E-state index in [9.17, 15) is 0 Å². The number of anilines is 1. The molecule has 1 aromatic rings. The second-order valence-corrected chi connectivity index (χ2v) is 4.63. The molecule has 94 valence electrons. The maximum absolute atomic E-state index is 5.62. The van der Waals surface area contributed by atoms with E-state index in [4.69, 9.17) is 5.73 Å². The number of rotatable bonds is 2. The van der Waals surface area contributed by atoms with Gasteiger partial charge in [-0.2, -0.15) is 0 Å². The van der Waals surface area contributed by atoms with Crippen molar-refractivity contribution in [2.45, 2.75) is 19.9 Å². The van der Waals surface area contributed by atoms with Crippen molar-refractivity contribution in [1.82, 2.24) is 14.9 Å². The molecular formula is C12H21N5. The number of hydrogen-bond acceptors (Lipinski definition) is 5. The van der Waals surface area contributed by atoms with Crippen LogP contribution in [-0.2, 0) is 6.54 Å². The van der Waals surface area contributed by atoms with Crippen molar-refractivity contribution in [3.63, 3.8) is 0 Å². The standard InChI is InChI=1S/C12H21N5/c1-10-11(8-13)9-14-12(15-10)17-5-3-4-16(2)6-7-17/h9H,3-8,13H2,1-2H3. The van der Waals surface area contributed by atoms with E-state index >= 15 is 0 Å². The molecular weight excluding hydrogens is 214 g/mol. The van der Waals surface area contributed by atoms with Crippen molar-refractivity contribution in [2.75, 3.05) is 38.1 Å². The fourth-order valence-electron chi connectivity index (χ4n) is 2.08. The summed E-state index contributed by atoms with van der Waals surface area (Å²) in [6.45, 7) is 6.76. The summed E-state index contributed by atoms with van der Waals surface area (Å²) in [6.07, 6.45) is 3.02. The highest BCUT2D eigenvalue weighted by atomic mass is 15.3. The highest BCUT2D eigenvalue weighted by Crippen LogP contribution is 2.13. The first-order valence-corrected chi connectivity index (χ1v) is 6.17. The van der Waals surface area contributed by atoms with Gasteiger partial charge >= 0.3 is 0 Å². The molecule has 1 saturated heterocycles. The average molecular weight is 235 g/mol. The van der Waals surface area contributed by atoms with E-state index in [1.807, 2.05) is 13.1 Å². The van der Waals surface area contributed by atoms with Crippen molar-refractivity contribution < 1.29 is 0 Å². The minimum Gasteiger partial charge on any atom is -0.339 e. The fourth-order valence-corrected chi connectivity index (χ4v) is 2.08. The van der Waals surface area contributed by atoms with E-state index in [0.717, 1.165) is 49.8 Å². The lowest BCUT2D eigenvalue weighted by Gasteiger charge is -2.21. The summed E-state index contributed by atoms with van der Waals surface area (Å²) >= 11 is 0. The van der Waals surface area contributed by atoms with Gasteiger partial charge in [0, 0.05) is 43.6 Å². The predicted octanol–water partition coefficient (Wildman–Crippen LogP) is 0.386. The molecule has 0 unspecified atom stereocenters. The first kappa shape index (κ1) is 12.3. The van der Waals surface area contributed by atoms with Gasteiger partial charge in [0.05, 0.1) is 0 Å². The van der Waals surface area contributed by atoms with E-state index in [-0.39, 0.29) is 0 Å². The second kappa shape index (κ2) is 5.42. The van der Waals surface area contributed by atoms with Crippen LogP contribution in [-0.4, -0.2) is 48.1 Å². The minimum atomic E-state index is 0.509. The van der Waals surface area contributed by atoms with Gasteiger partial charge in [-0.1, -0.05) is 0 Å². The summed E-state index contributed by atoms with van der Waals surface area (Å²) in [5.41, 5.74) is 7.65. The Labute approximate surface area is 103 Å².